The molecule has 1 aromatic heterocycles. The van der Waals surface area contributed by atoms with Crippen molar-refractivity contribution in [3.63, 3.8) is 0 Å². The molecule has 730 valence electrons. The number of nitrogens with zero attached hydrogens (tertiary/aromatic N) is 3. The number of aromatic nitrogens is 2. The number of Topliss-reactive ketones (excluding diaryl/α,β-unsaturated/α-hetero) is 2. The van der Waals surface area contributed by atoms with E-state index in [4.69, 9.17) is 0 Å². The minimum atomic E-state index is -0.0236. The van der Waals surface area contributed by atoms with E-state index in [1.54, 1.807) is 29.1 Å². The summed E-state index contributed by atoms with van der Waals surface area (Å²) in [6, 6.07) is 74.1. The first-order chi connectivity index (χ1) is 62.6. The number of carbonyl (C=O) groups is 3. The summed E-state index contributed by atoms with van der Waals surface area (Å²) >= 11 is 0. The number of nitrogens with one attached hydrogen (secondary N) is 1. The quantitative estimate of drug-likeness (QED) is 0.190. The molecule has 0 radical (unpaired) electrons. The number of aromatic amines is 1. The van der Waals surface area contributed by atoms with E-state index in [1.807, 2.05) is 85.5 Å². The third-order valence-electron chi connectivity index (χ3n) is 24.5. The van der Waals surface area contributed by atoms with Gasteiger partial charge in [0.25, 0.3) is 5.91 Å². The number of imidazole rings is 1. The van der Waals surface area contributed by atoms with Crippen molar-refractivity contribution in [3.05, 3.63) is 344 Å². The molecule has 10 aromatic rings. The van der Waals surface area contributed by atoms with Crippen LogP contribution in [0, 0.1) is 44.8 Å². The van der Waals surface area contributed by atoms with Gasteiger partial charge in [0.2, 0.25) is 0 Å². The van der Waals surface area contributed by atoms with Crippen molar-refractivity contribution in [1.29, 1.82) is 0 Å². The van der Waals surface area contributed by atoms with Crippen LogP contribution in [0.3, 0.4) is 0 Å². The van der Waals surface area contributed by atoms with E-state index in [0.29, 0.717) is 57.1 Å². The van der Waals surface area contributed by atoms with Crippen LogP contribution in [0.15, 0.2) is 249 Å². The minimum Gasteiger partial charge on any atom is -0.374 e. The van der Waals surface area contributed by atoms with E-state index in [2.05, 4.69) is 385 Å². The Kier molecular flexibility index (Phi) is 52.1. The Bertz CT molecular complexity index is 4990. The smallest absolute Gasteiger partial charge is 0.289 e. The molecule has 2 aliphatic heterocycles. The molecule has 134 heavy (non-hydrogen) atoms. The van der Waals surface area contributed by atoms with Crippen molar-refractivity contribution in [3.8, 4) is 11.1 Å². The molecule has 9 aromatic carbocycles. The summed E-state index contributed by atoms with van der Waals surface area (Å²) in [7, 11) is 2.16. The average molecular weight is 1810 g/mol. The molecular weight excluding hydrogens is 1630 g/mol. The van der Waals surface area contributed by atoms with Crippen molar-refractivity contribution in [1.82, 2.24) is 14.9 Å². The molecule has 0 fully saturated rings. The van der Waals surface area contributed by atoms with Gasteiger partial charge in [0, 0.05) is 68.7 Å². The van der Waals surface area contributed by atoms with Crippen molar-refractivity contribution in [2.45, 2.75) is 343 Å². The lowest BCUT2D eigenvalue weighted by Crippen LogP contribution is -2.36. The van der Waals surface area contributed by atoms with Crippen LogP contribution in [0.4, 0.5) is 5.69 Å². The topological polar surface area (TPSA) is 86.4 Å². The number of para-hydroxylation sites is 1. The predicted molar refractivity (Wildman–Crippen MR) is 590 cm³/mol. The first kappa shape index (κ1) is 118. The number of allylic oxidation sites excluding steroid dienone is 3. The van der Waals surface area contributed by atoms with Crippen molar-refractivity contribution >= 4 is 35.3 Å². The van der Waals surface area contributed by atoms with Gasteiger partial charge in [-0.25, -0.2) is 4.98 Å². The molecule has 0 spiro atoms. The van der Waals surface area contributed by atoms with Crippen LogP contribution >= 0.6 is 0 Å². The van der Waals surface area contributed by atoms with Gasteiger partial charge in [-0.2, -0.15) is 0 Å². The highest BCUT2D eigenvalue weighted by Crippen LogP contribution is 2.40. The standard InChI is InChI=1S/C18H20.C15H20O.C13H13N3O.C11H10.C10H13N.C10H8O.C10H12.C7H8.5C6H14.C2H6.CH4/c1-18(2,3)12-14-8-6-10-16-15-9-5-4-7-13(15)11-17(14)16;1-15(2,3)10-11-7-8-12-5-4-6-14(16)13(12)9-11;17-13(12-14-6-7-15-12)16-8-5-10-3-1-2-4-11(10)9-16;1-9-6-7-10-4-2-3-5-11(10)8-9;1-11-8-4-6-9-5-2-3-7-10(9)11;11-10-7-3-5-8-4-1-2-6-9(8)10;1-2-6-10-8-4-3-7-9(10)5-1;1-7-5-3-2-4-6-7;5*1-5-6(2,3)4;1-2;/h4-10H,11-12H2,1-3H3;7-9H,4-6,10H2,1-3H3;1-4,6-7H,5,8-9H2,(H,14,15);2-7H,1,8H2;2-3,5,7H,4,6,8H2,1H3;1-6H,7H2;1-2,5-6H,3-4,7-8H2;2-6H,1H3;5*5H2,1-4H3;1-2H3;1H4. The summed E-state index contributed by atoms with van der Waals surface area (Å²) in [6.07, 6.45) is 34.3. The molecule has 7 heteroatoms. The summed E-state index contributed by atoms with van der Waals surface area (Å²) in [5, 5.41) is 0. The number of ketones is 2. The molecule has 1 N–H and O–H groups in total. The fraction of sp³-hybridized carbons (Fsp3) is 0.480. The molecule has 0 bridgehead atoms. The van der Waals surface area contributed by atoms with Gasteiger partial charge in [-0.3, -0.25) is 14.4 Å². The number of aryl methyl sites for hydroxylation is 5. The van der Waals surface area contributed by atoms with E-state index < -0.39 is 0 Å². The largest absolute Gasteiger partial charge is 0.374 e. The van der Waals surface area contributed by atoms with Crippen LogP contribution in [0.25, 0.3) is 23.3 Å². The van der Waals surface area contributed by atoms with E-state index >= 15 is 0 Å². The van der Waals surface area contributed by atoms with E-state index in [0.717, 1.165) is 74.6 Å². The summed E-state index contributed by atoms with van der Waals surface area (Å²) in [5.74, 6) is 0.953. The molecule has 3 heterocycles. The lowest BCUT2D eigenvalue weighted by Gasteiger charge is -2.28. The lowest BCUT2D eigenvalue weighted by atomic mass is 9.84. The molecule has 17 rings (SSSR count). The average Bonchev–Trinajstić information content (AvgIpc) is 1.62. The SMILES string of the molecule is C.C=C1C=Cc2ccccc2C1.CC.CC(C)(C)Cc1ccc2c(c1)C(=O)CCC2.CC(C)(C)Cc1cccc2c1Cc1ccccc1-2.CCC(C)(C)C.CCC(C)(C)C.CCC(C)(C)C.CCC(C)(C)C.CCC(C)(C)C.CN1CCCc2ccccc21.Cc1ccccc1.O=C(c1ncc[nH]1)N1CCc2ccccc2C1.O=C1CC=Cc2ccccc21.c1ccc2c(c1)CCCC2. The lowest BCUT2D eigenvalue weighted by molar-refractivity contribution is 0.0723. The fourth-order valence-corrected chi connectivity index (χ4v) is 14.2. The van der Waals surface area contributed by atoms with Crippen LogP contribution in [0.2, 0.25) is 0 Å². The van der Waals surface area contributed by atoms with Crippen LogP contribution < -0.4 is 4.90 Å². The van der Waals surface area contributed by atoms with Gasteiger partial charge in [-0.15, -0.1) is 0 Å². The first-order valence-corrected chi connectivity index (χ1v) is 50.4. The molecule has 0 unspecified atom stereocenters. The summed E-state index contributed by atoms with van der Waals surface area (Å²) in [4.78, 5) is 46.2. The normalized spacial score (nSPS) is 13.7. The van der Waals surface area contributed by atoms with Gasteiger partial charge in [-0.1, -0.05) is 476 Å². The number of carbonyl (C=O) groups excluding carboxylic acids is 3. The predicted octanol–water partition coefficient (Wildman–Crippen LogP) is 35.9. The Morgan fingerprint density at radius 1 is 0.396 bits per heavy atom. The summed E-state index contributed by atoms with van der Waals surface area (Å²) in [6.45, 7) is 71.0. The zero-order valence-electron chi connectivity index (χ0n) is 89.2. The van der Waals surface area contributed by atoms with Gasteiger partial charge in [0.1, 0.15) is 0 Å². The highest BCUT2D eigenvalue weighted by molar-refractivity contribution is 6.02. The molecule has 0 saturated heterocycles. The van der Waals surface area contributed by atoms with Crippen LogP contribution in [-0.2, 0) is 64.3 Å². The second kappa shape index (κ2) is 59.1. The van der Waals surface area contributed by atoms with Gasteiger partial charge < -0.3 is 14.8 Å². The number of rotatable bonds is 3. The summed E-state index contributed by atoms with van der Waals surface area (Å²) < 4.78 is 0. The van der Waals surface area contributed by atoms with Crippen molar-refractivity contribution in [2.75, 3.05) is 25.0 Å². The third kappa shape index (κ3) is 47.5. The highest BCUT2D eigenvalue weighted by atomic mass is 16.2. The van der Waals surface area contributed by atoms with Gasteiger partial charge in [-0.05, 0) is 224 Å². The zero-order valence-corrected chi connectivity index (χ0v) is 89.2. The number of hydrogen-bond acceptors (Lipinski definition) is 5. The van der Waals surface area contributed by atoms with Crippen molar-refractivity contribution in [2.24, 2.45) is 37.9 Å². The number of anilines is 1. The molecule has 7 aliphatic rings. The number of fused-ring (bicyclic) bond motifs is 9. The zero-order chi connectivity index (χ0) is 99.2. The van der Waals surface area contributed by atoms with Gasteiger partial charge in [0.05, 0.1) is 0 Å². The number of H-pyrrole nitrogens is 1. The molecule has 7 nitrogen and oxygen atoms in total. The highest BCUT2D eigenvalue weighted by Gasteiger charge is 2.26. The van der Waals surface area contributed by atoms with Crippen LogP contribution in [-0.4, -0.2) is 52.5 Å². The third-order valence-corrected chi connectivity index (χ3v) is 24.5. The molecule has 0 saturated carbocycles. The van der Waals surface area contributed by atoms with Crippen LogP contribution in [0.1, 0.15) is 381 Å². The maximum absolute atomic E-state index is 12.1. The number of benzene rings is 9. The molecular formula is C127H184N4O3. The monoisotopic (exact) mass is 1810 g/mol. The molecule has 0 atom stereocenters. The maximum Gasteiger partial charge on any atom is 0.289 e. The fourth-order valence-electron chi connectivity index (χ4n) is 14.2. The molecule has 1 amide bonds. The minimum absolute atomic E-state index is 0. The van der Waals surface area contributed by atoms with Crippen LogP contribution in [0.5, 0.6) is 0 Å². The first-order valence-electron chi connectivity index (χ1n) is 50.4. The number of amides is 1. The second-order valence-corrected chi connectivity index (χ2v) is 44.5. The second-order valence-electron chi connectivity index (χ2n) is 44.5. The Hall–Kier alpha value is -9.98. The Balaban J connectivity index is 0.000000380. The van der Waals surface area contributed by atoms with E-state index in [1.165, 1.54) is 155 Å². The summed E-state index contributed by atoms with van der Waals surface area (Å²) in [5.41, 5.74) is 30.1. The van der Waals surface area contributed by atoms with E-state index in [9.17, 15) is 14.4 Å². The molecule has 5 aliphatic carbocycles. The maximum atomic E-state index is 12.1. The number of hydrogen-bond donors (Lipinski definition) is 1. The Morgan fingerprint density at radius 3 is 1.34 bits per heavy atom. The van der Waals surface area contributed by atoms with E-state index in [-0.39, 0.29) is 24.5 Å². The van der Waals surface area contributed by atoms with Crippen molar-refractivity contribution < 1.29 is 14.4 Å². The van der Waals surface area contributed by atoms with Gasteiger partial charge >= 0.3 is 0 Å². The Morgan fingerprint density at radius 2 is 0.843 bits per heavy atom. The Labute approximate surface area is 820 Å². The van der Waals surface area contributed by atoms with Gasteiger partial charge in [0.15, 0.2) is 17.4 Å².